The number of hydrogen-bond acceptors (Lipinski definition) is 2. The number of amides is 1. The monoisotopic (exact) mass is 335 g/mol. The third kappa shape index (κ3) is 3.33. The smallest absolute Gasteiger partial charge is 0.407 e. The van der Waals surface area contributed by atoms with Gasteiger partial charge in [0, 0.05) is 17.1 Å². The Morgan fingerprint density at radius 2 is 1.65 bits per heavy atom. The maximum Gasteiger partial charge on any atom is 0.415 e. The summed E-state index contributed by atoms with van der Waals surface area (Å²) in [4.78, 5) is 14.1. The lowest BCUT2D eigenvalue weighted by Gasteiger charge is -2.38. The molecule has 0 spiro atoms. The SMILES string of the molecule is CC1CCCC(C)N1C(=O)Oc1c(Cl)cc(Cl)cc1Cl. The van der Waals surface area contributed by atoms with Crippen LogP contribution in [-0.2, 0) is 0 Å². The van der Waals surface area contributed by atoms with E-state index in [9.17, 15) is 4.79 Å². The summed E-state index contributed by atoms with van der Waals surface area (Å²) in [6.45, 7) is 4.03. The van der Waals surface area contributed by atoms with E-state index >= 15 is 0 Å². The fourth-order valence-electron chi connectivity index (χ4n) is 2.55. The number of benzene rings is 1. The first-order chi connectivity index (χ1) is 9.40. The van der Waals surface area contributed by atoms with Gasteiger partial charge < -0.3 is 9.64 Å². The number of hydrogen-bond donors (Lipinski definition) is 0. The zero-order valence-corrected chi connectivity index (χ0v) is 13.6. The van der Waals surface area contributed by atoms with Crippen LogP contribution in [0.5, 0.6) is 5.75 Å². The number of carbonyl (C=O) groups is 1. The first kappa shape index (κ1) is 15.7. The van der Waals surface area contributed by atoms with Gasteiger partial charge in [0.2, 0.25) is 0 Å². The largest absolute Gasteiger partial charge is 0.415 e. The number of piperidine rings is 1. The van der Waals surface area contributed by atoms with E-state index in [1.54, 1.807) is 4.90 Å². The predicted octanol–water partition coefficient (Wildman–Crippen LogP) is 5.41. The second-order valence-corrected chi connectivity index (χ2v) is 6.35. The van der Waals surface area contributed by atoms with Gasteiger partial charge >= 0.3 is 6.09 Å². The summed E-state index contributed by atoms with van der Waals surface area (Å²) >= 11 is 17.9. The van der Waals surface area contributed by atoms with Gasteiger partial charge in [0.15, 0.2) is 5.75 Å². The summed E-state index contributed by atoms with van der Waals surface area (Å²) in [5, 5.41) is 0.862. The van der Waals surface area contributed by atoms with Crippen molar-refractivity contribution in [1.82, 2.24) is 4.90 Å². The summed E-state index contributed by atoms with van der Waals surface area (Å²) < 4.78 is 5.38. The zero-order valence-electron chi connectivity index (χ0n) is 11.3. The summed E-state index contributed by atoms with van der Waals surface area (Å²) in [6, 6.07) is 3.30. The van der Waals surface area contributed by atoms with Gasteiger partial charge in [0.05, 0.1) is 10.0 Å². The van der Waals surface area contributed by atoms with Crippen LogP contribution in [0.2, 0.25) is 15.1 Å². The Morgan fingerprint density at radius 3 is 2.15 bits per heavy atom. The molecule has 3 nitrogen and oxygen atoms in total. The lowest BCUT2D eigenvalue weighted by molar-refractivity contribution is 0.0895. The number of carbonyl (C=O) groups excluding carboxylic acids is 1. The molecule has 0 N–H and O–H groups in total. The molecule has 2 rings (SSSR count). The number of halogens is 3. The molecule has 0 bridgehead atoms. The van der Waals surface area contributed by atoms with Gasteiger partial charge in [-0.2, -0.15) is 0 Å². The summed E-state index contributed by atoms with van der Waals surface area (Å²) in [5.74, 6) is 0.160. The quantitative estimate of drug-likeness (QED) is 0.686. The molecule has 20 heavy (non-hydrogen) atoms. The first-order valence-electron chi connectivity index (χ1n) is 6.55. The predicted molar refractivity (Wildman–Crippen MR) is 82.1 cm³/mol. The highest BCUT2D eigenvalue weighted by atomic mass is 35.5. The van der Waals surface area contributed by atoms with Crippen LogP contribution in [0.1, 0.15) is 33.1 Å². The number of ether oxygens (including phenoxy) is 1. The van der Waals surface area contributed by atoms with E-state index in [4.69, 9.17) is 39.5 Å². The summed E-state index contributed by atoms with van der Waals surface area (Å²) in [5.41, 5.74) is 0. The Balaban J connectivity index is 2.19. The van der Waals surface area contributed by atoms with Crippen molar-refractivity contribution in [3.05, 3.63) is 27.2 Å². The first-order valence-corrected chi connectivity index (χ1v) is 7.68. The molecule has 1 fully saturated rings. The molecule has 1 amide bonds. The zero-order chi connectivity index (χ0) is 14.9. The van der Waals surface area contributed by atoms with Crippen LogP contribution >= 0.6 is 34.8 Å². The Bertz CT molecular complexity index is 488. The lowest BCUT2D eigenvalue weighted by Crippen LogP contribution is -2.48. The van der Waals surface area contributed by atoms with Gasteiger partial charge in [0.25, 0.3) is 0 Å². The van der Waals surface area contributed by atoms with Crippen molar-refractivity contribution in [2.45, 2.75) is 45.2 Å². The second-order valence-electron chi connectivity index (χ2n) is 5.10. The molecule has 1 saturated heterocycles. The minimum atomic E-state index is -0.421. The standard InChI is InChI=1S/C14H16Cl3NO2/c1-8-4-3-5-9(2)18(8)14(19)20-13-11(16)6-10(15)7-12(13)17/h6-9H,3-5H2,1-2H3. The molecular formula is C14H16Cl3NO2. The molecule has 0 aliphatic carbocycles. The number of rotatable bonds is 1. The molecule has 0 radical (unpaired) electrons. The van der Waals surface area contributed by atoms with Gasteiger partial charge in [0.1, 0.15) is 0 Å². The van der Waals surface area contributed by atoms with Crippen molar-refractivity contribution in [2.24, 2.45) is 0 Å². The topological polar surface area (TPSA) is 29.5 Å². The van der Waals surface area contributed by atoms with Crippen molar-refractivity contribution in [2.75, 3.05) is 0 Å². The van der Waals surface area contributed by atoms with Crippen LogP contribution < -0.4 is 4.74 Å². The van der Waals surface area contributed by atoms with Crippen LogP contribution in [0.25, 0.3) is 0 Å². The van der Waals surface area contributed by atoms with Gasteiger partial charge in [-0.3, -0.25) is 0 Å². The molecule has 0 aromatic heterocycles. The molecule has 1 heterocycles. The van der Waals surface area contributed by atoms with E-state index in [1.807, 2.05) is 13.8 Å². The van der Waals surface area contributed by atoms with Crippen molar-refractivity contribution < 1.29 is 9.53 Å². The highest BCUT2D eigenvalue weighted by molar-refractivity contribution is 6.40. The van der Waals surface area contributed by atoms with Crippen LogP contribution in [0.4, 0.5) is 4.79 Å². The normalized spacial score (nSPS) is 22.8. The van der Waals surface area contributed by atoms with Crippen LogP contribution in [-0.4, -0.2) is 23.1 Å². The number of likely N-dealkylation sites (tertiary alicyclic amines) is 1. The van der Waals surface area contributed by atoms with E-state index in [1.165, 1.54) is 12.1 Å². The average Bonchev–Trinajstić information content (AvgIpc) is 2.33. The maximum absolute atomic E-state index is 12.3. The minimum absolute atomic E-state index is 0.149. The molecule has 110 valence electrons. The Morgan fingerprint density at radius 1 is 1.15 bits per heavy atom. The van der Waals surface area contributed by atoms with Crippen molar-refractivity contribution in [3.63, 3.8) is 0 Å². The van der Waals surface area contributed by atoms with Crippen LogP contribution in [0, 0.1) is 0 Å². The Hall–Kier alpha value is -0.640. The molecular weight excluding hydrogens is 321 g/mol. The van der Waals surface area contributed by atoms with Crippen molar-refractivity contribution >= 4 is 40.9 Å². The summed E-state index contributed by atoms with van der Waals surface area (Å²) in [7, 11) is 0. The fourth-order valence-corrected chi connectivity index (χ4v) is 3.44. The van der Waals surface area contributed by atoms with E-state index in [0.717, 1.165) is 19.3 Å². The Labute approximate surface area is 133 Å². The minimum Gasteiger partial charge on any atom is -0.407 e. The van der Waals surface area contributed by atoms with Gasteiger partial charge in [-0.25, -0.2) is 4.79 Å². The van der Waals surface area contributed by atoms with Crippen LogP contribution in [0.3, 0.4) is 0 Å². The van der Waals surface area contributed by atoms with Gasteiger partial charge in [-0.05, 0) is 45.2 Å². The van der Waals surface area contributed by atoms with Gasteiger partial charge in [-0.15, -0.1) is 0 Å². The van der Waals surface area contributed by atoms with Gasteiger partial charge in [-0.1, -0.05) is 34.8 Å². The highest BCUT2D eigenvalue weighted by Gasteiger charge is 2.31. The molecule has 6 heteroatoms. The number of nitrogens with zero attached hydrogens (tertiary/aromatic N) is 1. The Kier molecular flexibility index (Phi) is 5.05. The third-order valence-corrected chi connectivity index (χ3v) is 4.34. The van der Waals surface area contributed by atoms with E-state index in [2.05, 4.69) is 0 Å². The van der Waals surface area contributed by atoms with Crippen molar-refractivity contribution in [3.8, 4) is 5.75 Å². The van der Waals surface area contributed by atoms with E-state index in [-0.39, 0.29) is 27.9 Å². The second kappa shape index (κ2) is 6.42. The average molecular weight is 337 g/mol. The summed E-state index contributed by atoms with van der Waals surface area (Å²) in [6.07, 6.45) is 2.65. The van der Waals surface area contributed by atoms with Crippen molar-refractivity contribution in [1.29, 1.82) is 0 Å². The van der Waals surface area contributed by atoms with Crippen LogP contribution in [0.15, 0.2) is 12.1 Å². The third-order valence-electron chi connectivity index (χ3n) is 3.56. The molecule has 1 aliphatic heterocycles. The highest BCUT2D eigenvalue weighted by Crippen LogP contribution is 2.36. The molecule has 1 aromatic carbocycles. The van der Waals surface area contributed by atoms with E-state index < -0.39 is 6.09 Å². The molecule has 2 unspecified atom stereocenters. The molecule has 0 saturated carbocycles. The maximum atomic E-state index is 12.3. The molecule has 1 aliphatic rings. The fraction of sp³-hybridized carbons (Fsp3) is 0.500. The molecule has 2 atom stereocenters. The lowest BCUT2D eigenvalue weighted by atomic mass is 9.98. The van der Waals surface area contributed by atoms with E-state index in [0.29, 0.717) is 5.02 Å². The molecule has 1 aromatic rings.